The lowest BCUT2D eigenvalue weighted by atomic mass is 10.1. The standard InChI is InChI=1S/C16H18ClNO2/c1-11(18)15-8-14(17)6-7-16(15)20-10-13-4-2-12(9-19)3-5-13/h2-8,11,19H,9-10,18H2,1H3/t11-/m0/s1. The highest BCUT2D eigenvalue weighted by molar-refractivity contribution is 6.30. The van der Waals surface area contributed by atoms with Crippen LogP contribution < -0.4 is 10.5 Å². The van der Waals surface area contributed by atoms with Gasteiger partial charge in [-0.2, -0.15) is 0 Å². The summed E-state index contributed by atoms with van der Waals surface area (Å²) in [7, 11) is 0. The molecule has 0 aromatic heterocycles. The van der Waals surface area contributed by atoms with Gasteiger partial charge in [-0.25, -0.2) is 0 Å². The number of aliphatic hydroxyl groups is 1. The molecule has 0 aliphatic heterocycles. The fraction of sp³-hybridized carbons (Fsp3) is 0.250. The molecule has 0 aliphatic carbocycles. The summed E-state index contributed by atoms with van der Waals surface area (Å²) in [6, 6.07) is 13.0. The Bertz CT molecular complexity index is 567. The van der Waals surface area contributed by atoms with Gasteiger partial charge in [0.05, 0.1) is 6.61 Å². The van der Waals surface area contributed by atoms with Crippen LogP contribution in [-0.2, 0) is 13.2 Å². The quantitative estimate of drug-likeness (QED) is 0.887. The lowest BCUT2D eigenvalue weighted by molar-refractivity contribution is 0.281. The zero-order valence-electron chi connectivity index (χ0n) is 11.3. The first-order valence-corrected chi connectivity index (χ1v) is 6.84. The van der Waals surface area contributed by atoms with Crippen LogP contribution in [0.3, 0.4) is 0 Å². The first-order valence-electron chi connectivity index (χ1n) is 6.46. The molecule has 2 aromatic carbocycles. The third-order valence-electron chi connectivity index (χ3n) is 3.06. The molecule has 0 spiro atoms. The number of nitrogens with two attached hydrogens (primary N) is 1. The van der Waals surface area contributed by atoms with Gasteiger partial charge in [0.25, 0.3) is 0 Å². The first kappa shape index (κ1) is 14.9. The molecule has 0 unspecified atom stereocenters. The summed E-state index contributed by atoms with van der Waals surface area (Å²) in [4.78, 5) is 0. The van der Waals surface area contributed by atoms with Crippen LogP contribution in [0.2, 0.25) is 5.02 Å². The molecular weight excluding hydrogens is 274 g/mol. The Balaban J connectivity index is 2.10. The monoisotopic (exact) mass is 291 g/mol. The normalized spacial score (nSPS) is 12.2. The van der Waals surface area contributed by atoms with E-state index in [0.29, 0.717) is 11.6 Å². The van der Waals surface area contributed by atoms with Crippen molar-refractivity contribution in [2.75, 3.05) is 0 Å². The fourth-order valence-electron chi connectivity index (χ4n) is 1.91. The summed E-state index contributed by atoms with van der Waals surface area (Å²) in [5.41, 5.74) is 8.74. The highest BCUT2D eigenvalue weighted by atomic mass is 35.5. The zero-order chi connectivity index (χ0) is 14.5. The number of rotatable bonds is 5. The van der Waals surface area contributed by atoms with E-state index in [2.05, 4.69) is 0 Å². The van der Waals surface area contributed by atoms with Gasteiger partial charge in [0, 0.05) is 16.6 Å². The second-order valence-electron chi connectivity index (χ2n) is 4.73. The van der Waals surface area contributed by atoms with Crippen LogP contribution in [0.5, 0.6) is 5.75 Å². The van der Waals surface area contributed by atoms with Crippen molar-refractivity contribution in [3.63, 3.8) is 0 Å². The van der Waals surface area contributed by atoms with Crippen LogP contribution in [0, 0.1) is 0 Å². The van der Waals surface area contributed by atoms with E-state index in [-0.39, 0.29) is 12.6 Å². The smallest absolute Gasteiger partial charge is 0.124 e. The Morgan fingerprint density at radius 3 is 2.40 bits per heavy atom. The van der Waals surface area contributed by atoms with Gasteiger partial charge >= 0.3 is 0 Å². The molecule has 0 fully saturated rings. The minimum atomic E-state index is -0.138. The second kappa shape index (κ2) is 6.75. The number of aliphatic hydroxyl groups excluding tert-OH is 1. The topological polar surface area (TPSA) is 55.5 Å². The van der Waals surface area contributed by atoms with Gasteiger partial charge in [-0.3, -0.25) is 0 Å². The van der Waals surface area contributed by atoms with Crippen LogP contribution in [0.1, 0.15) is 29.7 Å². The van der Waals surface area contributed by atoms with E-state index < -0.39 is 0 Å². The predicted octanol–water partition coefficient (Wildman–Crippen LogP) is 3.43. The highest BCUT2D eigenvalue weighted by Crippen LogP contribution is 2.27. The molecule has 0 radical (unpaired) electrons. The molecule has 4 heteroatoms. The van der Waals surface area contributed by atoms with Crippen molar-refractivity contribution >= 4 is 11.6 Å². The lowest BCUT2D eigenvalue weighted by Gasteiger charge is -2.14. The van der Waals surface area contributed by atoms with Gasteiger partial charge in [-0.1, -0.05) is 35.9 Å². The molecule has 0 bridgehead atoms. The number of benzene rings is 2. The number of ether oxygens (including phenoxy) is 1. The molecule has 0 heterocycles. The summed E-state index contributed by atoms with van der Waals surface area (Å²) in [5, 5.41) is 9.65. The molecule has 2 rings (SSSR count). The average molecular weight is 292 g/mol. The van der Waals surface area contributed by atoms with Crippen molar-refractivity contribution in [1.82, 2.24) is 0 Å². The van der Waals surface area contributed by atoms with Gasteiger partial charge in [0.1, 0.15) is 12.4 Å². The summed E-state index contributed by atoms with van der Waals surface area (Å²) < 4.78 is 5.81. The third kappa shape index (κ3) is 3.73. The Kier molecular flexibility index (Phi) is 5.01. The summed E-state index contributed by atoms with van der Waals surface area (Å²) >= 11 is 5.98. The van der Waals surface area contributed by atoms with Crippen LogP contribution in [-0.4, -0.2) is 5.11 Å². The Labute approximate surface area is 123 Å². The minimum Gasteiger partial charge on any atom is -0.489 e. The number of hydrogen-bond donors (Lipinski definition) is 2. The molecule has 2 aromatic rings. The third-order valence-corrected chi connectivity index (χ3v) is 3.30. The van der Waals surface area contributed by atoms with Crippen molar-refractivity contribution in [1.29, 1.82) is 0 Å². The lowest BCUT2D eigenvalue weighted by Crippen LogP contribution is -2.08. The largest absolute Gasteiger partial charge is 0.489 e. The van der Waals surface area contributed by atoms with Gasteiger partial charge in [0.15, 0.2) is 0 Å². The van der Waals surface area contributed by atoms with Gasteiger partial charge < -0.3 is 15.6 Å². The van der Waals surface area contributed by atoms with E-state index >= 15 is 0 Å². The van der Waals surface area contributed by atoms with E-state index in [1.807, 2.05) is 43.3 Å². The van der Waals surface area contributed by atoms with Gasteiger partial charge in [0.2, 0.25) is 0 Å². The molecular formula is C16H18ClNO2. The second-order valence-corrected chi connectivity index (χ2v) is 5.17. The van der Waals surface area contributed by atoms with Crippen LogP contribution in [0.15, 0.2) is 42.5 Å². The SMILES string of the molecule is C[C@H](N)c1cc(Cl)ccc1OCc1ccc(CO)cc1. The van der Waals surface area contributed by atoms with E-state index in [1.165, 1.54) is 0 Å². The molecule has 1 atom stereocenters. The van der Waals surface area contributed by atoms with E-state index in [4.69, 9.17) is 27.2 Å². The number of halogens is 1. The summed E-state index contributed by atoms with van der Waals surface area (Å²) in [6.45, 7) is 2.40. The maximum atomic E-state index is 9.00. The van der Waals surface area contributed by atoms with Crippen molar-refractivity contribution in [3.05, 3.63) is 64.2 Å². The Hall–Kier alpha value is -1.55. The average Bonchev–Trinajstić information content (AvgIpc) is 2.46. The Morgan fingerprint density at radius 2 is 1.80 bits per heavy atom. The molecule has 0 saturated heterocycles. The van der Waals surface area contributed by atoms with Gasteiger partial charge in [-0.15, -0.1) is 0 Å². The minimum absolute atomic E-state index is 0.0488. The maximum absolute atomic E-state index is 9.00. The molecule has 0 aliphatic rings. The summed E-state index contributed by atoms with van der Waals surface area (Å²) in [6.07, 6.45) is 0. The molecule has 20 heavy (non-hydrogen) atoms. The van der Waals surface area contributed by atoms with Gasteiger partial charge in [-0.05, 0) is 36.2 Å². The van der Waals surface area contributed by atoms with E-state index in [1.54, 1.807) is 6.07 Å². The van der Waals surface area contributed by atoms with E-state index in [9.17, 15) is 0 Å². The molecule has 3 N–H and O–H groups in total. The molecule has 0 amide bonds. The van der Waals surface area contributed by atoms with Crippen molar-refractivity contribution < 1.29 is 9.84 Å². The van der Waals surface area contributed by atoms with Crippen LogP contribution in [0.4, 0.5) is 0 Å². The van der Waals surface area contributed by atoms with Crippen molar-refractivity contribution in [2.45, 2.75) is 26.2 Å². The van der Waals surface area contributed by atoms with E-state index in [0.717, 1.165) is 22.4 Å². The Morgan fingerprint density at radius 1 is 1.15 bits per heavy atom. The zero-order valence-corrected chi connectivity index (χ0v) is 12.1. The van der Waals surface area contributed by atoms with Crippen LogP contribution in [0.25, 0.3) is 0 Å². The summed E-state index contributed by atoms with van der Waals surface area (Å²) in [5.74, 6) is 0.746. The molecule has 3 nitrogen and oxygen atoms in total. The molecule has 106 valence electrons. The maximum Gasteiger partial charge on any atom is 0.124 e. The van der Waals surface area contributed by atoms with Crippen molar-refractivity contribution in [3.8, 4) is 5.75 Å². The highest BCUT2D eigenvalue weighted by Gasteiger charge is 2.09. The fourth-order valence-corrected chi connectivity index (χ4v) is 2.09. The molecule has 0 saturated carbocycles. The predicted molar refractivity (Wildman–Crippen MR) is 80.8 cm³/mol. The number of hydrogen-bond acceptors (Lipinski definition) is 3. The van der Waals surface area contributed by atoms with Crippen LogP contribution >= 0.6 is 11.6 Å². The van der Waals surface area contributed by atoms with Crippen molar-refractivity contribution in [2.24, 2.45) is 5.73 Å². The first-order chi connectivity index (χ1) is 9.60.